The van der Waals surface area contributed by atoms with E-state index >= 15 is 0 Å². The fraction of sp³-hybridized carbons (Fsp3) is 0.111. The van der Waals surface area contributed by atoms with Crippen LogP contribution in [0.4, 0.5) is 0 Å². The van der Waals surface area contributed by atoms with Gasteiger partial charge in [-0.1, -0.05) is 0 Å². The van der Waals surface area contributed by atoms with E-state index in [0.29, 0.717) is 5.82 Å². The van der Waals surface area contributed by atoms with Gasteiger partial charge >= 0.3 is 0 Å². The number of aromatic nitrogens is 4. The highest BCUT2D eigenvalue weighted by Gasteiger charge is 2.10. The molecule has 0 fully saturated rings. The first-order valence-electron chi connectivity index (χ1n) is 4.33. The van der Waals surface area contributed by atoms with Crippen molar-refractivity contribution in [1.82, 2.24) is 20.0 Å². The summed E-state index contributed by atoms with van der Waals surface area (Å²) in [4.78, 5) is 11.0. The molecule has 15 heavy (non-hydrogen) atoms. The zero-order chi connectivity index (χ0) is 10.8. The molecular formula is C9H9N5O. The van der Waals surface area contributed by atoms with Crippen LogP contribution >= 0.6 is 0 Å². The molecule has 0 saturated carbocycles. The van der Waals surface area contributed by atoms with Gasteiger partial charge in [0.25, 0.3) is 5.91 Å². The molecule has 0 spiro atoms. The molecule has 0 aliphatic heterocycles. The number of carbonyl (C=O) groups is 1. The van der Waals surface area contributed by atoms with E-state index < -0.39 is 5.91 Å². The molecule has 2 heterocycles. The molecule has 0 aliphatic carbocycles. The largest absolute Gasteiger partial charge is 0.364 e. The van der Waals surface area contributed by atoms with E-state index in [-0.39, 0.29) is 5.69 Å². The van der Waals surface area contributed by atoms with Crippen LogP contribution in [0.25, 0.3) is 5.82 Å². The van der Waals surface area contributed by atoms with Gasteiger partial charge in [0.15, 0.2) is 5.82 Å². The molecule has 0 atom stereocenters. The van der Waals surface area contributed by atoms with Crippen molar-refractivity contribution in [3.8, 4) is 5.82 Å². The summed E-state index contributed by atoms with van der Waals surface area (Å²) in [6.07, 6.45) is 1.49. The highest BCUT2D eigenvalue weighted by atomic mass is 16.1. The standard InChI is InChI=1S/C9H9N5O/c1-6-2-3-8(13-12-6)14-7(9(10)15)4-5-11-14/h2-5H,1H3,(H2,10,15). The zero-order valence-electron chi connectivity index (χ0n) is 8.08. The zero-order valence-corrected chi connectivity index (χ0v) is 8.08. The fourth-order valence-electron chi connectivity index (χ4n) is 1.18. The van der Waals surface area contributed by atoms with Crippen molar-refractivity contribution in [2.24, 2.45) is 5.73 Å². The lowest BCUT2D eigenvalue weighted by Gasteiger charge is -2.02. The van der Waals surface area contributed by atoms with E-state index in [1.807, 2.05) is 6.92 Å². The van der Waals surface area contributed by atoms with Gasteiger partial charge in [-0.2, -0.15) is 10.2 Å². The maximum atomic E-state index is 11.0. The molecular weight excluding hydrogens is 194 g/mol. The molecule has 0 radical (unpaired) electrons. The van der Waals surface area contributed by atoms with Gasteiger partial charge < -0.3 is 5.73 Å². The molecule has 0 saturated heterocycles. The van der Waals surface area contributed by atoms with Crippen molar-refractivity contribution in [2.45, 2.75) is 6.92 Å². The summed E-state index contributed by atoms with van der Waals surface area (Å²) in [6, 6.07) is 5.04. The summed E-state index contributed by atoms with van der Waals surface area (Å²) in [5, 5.41) is 11.7. The maximum Gasteiger partial charge on any atom is 0.267 e. The SMILES string of the molecule is Cc1ccc(-n2nccc2C(N)=O)nn1. The third-order valence-electron chi connectivity index (χ3n) is 1.90. The summed E-state index contributed by atoms with van der Waals surface area (Å²) in [6.45, 7) is 1.83. The minimum atomic E-state index is -0.546. The van der Waals surface area contributed by atoms with Crippen LogP contribution in [-0.4, -0.2) is 25.9 Å². The van der Waals surface area contributed by atoms with Crippen LogP contribution in [0, 0.1) is 6.92 Å². The first-order valence-corrected chi connectivity index (χ1v) is 4.33. The smallest absolute Gasteiger partial charge is 0.267 e. The van der Waals surface area contributed by atoms with Gasteiger partial charge in [-0.15, -0.1) is 5.10 Å². The summed E-state index contributed by atoms with van der Waals surface area (Å²) in [5.74, 6) is -0.0747. The molecule has 6 heteroatoms. The Morgan fingerprint density at radius 3 is 2.73 bits per heavy atom. The van der Waals surface area contributed by atoms with Crippen LogP contribution in [0.15, 0.2) is 24.4 Å². The van der Waals surface area contributed by atoms with Gasteiger partial charge in [0, 0.05) is 0 Å². The lowest BCUT2D eigenvalue weighted by Crippen LogP contribution is -2.17. The average molecular weight is 203 g/mol. The first kappa shape index (κ1) is 9.32. The molecule has 2 N–H and O–H groups in total. The Labute approximate surface area is 85.7 Å². The van der Waals surface area contributed by atoms with Crippen LogP contribution in [-0.2, 0) is 0 Å². The highest BCUT2D eigenvalue weighted by molar-refractivity contribution is 5.91. The predicted molar refractivity (Wildman–Crippen MR) is 52.4 cm³/mol. The molecule has 76 valence electrons. The van der Waals surface area contributed by atoms with Gasteiger partial charge in [0.1, 0.15) is 5.69 Å². The minimum Gasteiger partial charge on any atom is -0.364 e. The van der Waals surface area contributed by atoms with Crippen molar-refractivity contribution in [1.29, 1.82) is 0 Å². The quantitative estimate of drug-likeness (QED) is 0.748. The van der Waals surface area contributed by atoms with Crippen LogP contribution in [0.2, 0.25) is 0 Å². The molecule has 2 aromatic rings. The van der Waals surface area contributed by atoms with E-state index in [2.05, 4.69) is 15.3 Å². The summed E-state index contributed by atoms with van der Waals surface area (Å²) >= 11 is 0. The molecule has 2 aromatic heterocycles. The second-order valence-corrected chi connectivity index (χ2v) is 3.03. The Kier molecular flexibility index (Phi) is 2.17. The second kappa shape index (κ2) is 3.49. The van der Waals surface area contributed by atoms with E-state index in [1.54, 1.807) is 12.1 Å². The van der Waals surface area contributed by atoms with Crippen molar-refractivity contribution < 1.29 is 4.79 Å². The number of hydrogen-bond acceptors (Lipinski definition) is 4. The number of rotatable bonds is 2. The van der Waals surface area contributed by atoms with Gasteiger partial charge in [-0.3, -0.25) is 4.79 Å². The number of amides is 1. The van der Waals surface area contributed by atoms with Crippen molar-refractivity contribution in [3.63, 3.8) is 0 Å². The molecule has 0 aromatic carbocycles. The lowest BCUT2D eigenvalue weighted by molar-refractivity contribution is 0.0992. The molecule has 0 bridgehead atoms. The summed E-state index contributed by atoms with van der Waals surface area (Å²) < 4.78 is 1.36. The van der Waals surface area contributed by atoms with E-state index in [1.165, 1.54) is 16.9 Å². The van der Waals surface area contributed by atoms with Crippen molar-refractivity contribution >= 4 is 5.91 Å². The van der Waals surface area contributed by atoms with E-state index in [9.17, 15) is 4.79 Å². The van der Waals surface area contributed by atoms with Crippen LogP contribution in [0.3, 0.4) is 0 Å². The number of aryl methyl sites for hydroxylation is 1. The third-order valence-corrected chi connectivity index (χ3v) is 1.90. The number of nitrogens with two attached hydrogens (primary N) is 1. The number of hydrogen-bond donors (Lipinski definition) is 1. The summed E-state index contributed by atoms with van der Waals surface area (Å²) in [7, 11) is 0. The Morgan fingerprint density at radius 2 is 2.13 bits per heavy atom. The number of carbonyl (C=O) groups excluding carboxylic acids is 1. The lowest BCUT2D eigenvalue weighted by atomic mass is 10.4. The highest BCUT2D eigenvalue weighted by Crippen LogP contribution is 2.06. The van der Waals surface area contributed by atoms with E-state index in [4.69, 9.17) is 5.73 Å². The maximum absolute atomic E-state index is 11.0. The number of nitrogens with zero attached hydrogens (tertiary/aromatic N) is 4. The molecule has 1 amide bonds. The van der Waals surface area contributed by atoms with Gasteiger partial charge in [-0.25, -0.2) is 4.68 Å². The van der Waals surface area contributed by atoms with Crippen LogP contribution in [0.5, 0.6) is 0 Å². The third kappa shape index (κ3) is 1.69. The molecule has 0 unspecified atom stereocenters. The van der Waals surface area contributed by atoms with E-state index in [0.717, 1.165) is 5.69 Å². The average Bonchev–Trinajstić information content (AvgIpc) is 2.67. The van der Waals surface area contributed by atoms with Crippen molar-refractivity contribution in [2.75, 3.05) is 0 Å². The monoisotopic (exact) mass is 203 g/mol. The number of primary amides is 1. The molecule has 0 aliphatic rings. The minimum absolute atomic E-state index is 0.285. The van der Waals surface area contributed by atoms with Crippen LogP contribution < -0.4 is 5.73 Å². The first-order chi connectivity index (χ1) is 7.18. The molecule has 2 rings (SSSR count). The Bertz CT molecular complexity index is 487. The predicted octanol–water partition coefficient (Wildman–Crippen LogP) is 0.0696. The fourth-order valence-corrected chi connectivity index (χ4v) is 1.18. The van der Waals surface area contributed by atoms with Gasteiger partial charge in [-0.05, 0) is 25.1 Å². The van der Waals surface area contributed by atoms with Crippen LogP contribution in [0.1, 0.15) is 16.2 Å². The topological polar surface area (TPSA) is 86.7 Å². The van der Waals surface area contributed by atoms with Crippen molar-refractivity contribution in [3.05, 3.63) is 35.8 Å². The Balaban J connectivity index is 2.49. The van der Waals surface area contributed by atoms with Gasteiger partial charge in [0.05, 0.1) is 11.9 Å². The molecule has 6 nitrogen and oxygen atoms in total. The Hall–Kier alpha value is -2.24. The second-order valence-electron chi connectivity index (χ2n) is 3.03. The Morgan fingerprint density at radius 1 is 1.33 bits per heavy atom. The van der Waals surface area contributed by atoms with Gasteiger partial charge in [0.2, 0.25) is 0 Å². The normalized spacial score (nSPS) is 10.2. The summed E-state index contributed by atoms with van der Waals surface area (Å²) in [5.41, 5.74) is 6.26.